The monoisotopic (exact) mass is 334 g/mol. The Morgan fingerprint density at radius 1 is 1.26 bits per heavy atom. The lowest BCUT2D eigenvalue weighted by atomic mass is 10.0. The smallest absolute Gasteiger partial charge is 0.239 e. The maximum atomic E-state index is 13.1. The standard InChI is InChI=1S/C16H19FN4OS/c1-11-10-23-16(19-11)21-8-6-20(7-9-21)14(15(18)22)12-2-4-13(17)5-3-12/h2-5,10,14H,6-9H2,1H3,(H2,18,22)/t14-/m0/s1. The molecular weight excluding hydrogens is 315 g/mol. The number of thiazole rings is 1. The molecule has 0 radical (unpaired) electrons. The molecule has 1 atom stereocenters. The minimum Gasteiger partial charge on any atom is -0.368 e. The van der Waals surface area contributed by atoms with Crippen LogP contribution < -0.4 is 10.6 Å². The van der Waals surface area contributed by atoms with E-state index in [2.05, 4.69) is 9.88 Å². The molecular formula is C16H19FN4OS. The molecule has 1 amide bonds. The first-order valence-electron chi connectivity index (χ1n) is 7.50. The van der Waals surface area contributed by atoms with Gasteiger partial charge in [-0.1, -0.05) is 12.1 Å². The number of carbonyl (C=O) groups is 1. The molecule has 2 heterocycles. The molecule has 2 aromatic rings. The van der Waals surface area contributed by atoms with Crippen molar-refractivity contribution in [3.8, 4) is 0 Å². The van der Waals surface area contributed by atoms with Crippen molar-refractivity contribution in [3.63, 3.8) is 0 Å². The SMILES string of the molecule is Cc1csc(N2CCN([C@H](C(N)=O)c3ccc(F)cc3)CC2)n1. The van der Waals surface area contributed by atoms with Gasteiger partial charge in [-0.15, -0.1) is 11.3 Å². The van der Waals surface area contributed by atoms with Crippen molar-refractivity contribution in [2.75, 3.05) is 31.1 Å². The third-order valence-corrected chi connectivity index (χ3v) is 5.03. The Morgan fingerprint density at radius 3 is 2.43 bits per heavy atom. The lowest BCUT2D eigenvalue weighted by Crippen LogP contribution is -2.50. The summed E-state index contributed by atoms with van der Waals surface area (Å²) in [5.74, 6) is -0.726. The number of hydrogen-bond acceptors (Lipinski definition) is 5. The number of aromatic nitrogens is 1. The highest BCUT2D eigenvalue weighted by Crippen LogP contribution is 2.26. The van der Waals surface area contributed by atoms with E-state index in [-0.39, 0.29) is 5.82 Å². The second kappa shape index (κ2) is 6.64. The van der Waals surface area contributed by atoms with Gasteiger partial charge in [0.05, 0.1) is 5.69 Å². The van der Waals surface area contributed by atoms with E-state index in [0.29, 0.717) is 13.1 Å². The van der Waals surface area contributed by atoms with Crippen LogP contribution in [0, 0.1) is 12.7 Å². The van der Waals surface area contributed by atoms with Crippen LogP contribution in [0.15, 0.2) is 29.6 Å². The number of nitrogens with zero attached hydrogens (tertiary/aromatic N) is 3. The van der Waals surface area contributed by atoms with Crippen molar-refractivity contribution in [2.24, 2.45) is 5.73 Å². The van der Waals surface area contributed by atoms with Crippen molar-refractivity contribution < 1.29 is 9.18 Å². The molecule has 7 heteroatoms. The Balaban J connectivity index is 1.71. The number of rotatable bonds is 4. The molecule has 1 aromatic heterocycles. The number of piperazine rings is 1. The summed E-state index contributed by atoms with van der Waals surface area (Å²) in [5, 5.41) is 3.05. The summed E-state index contributed by atoms with van der Waals surface area (Å²) in [4.78, 5) is 20.7. The second-order valence-corrected chi connectivity index (χ2v) is 6.49. The van der Waals surface area contributed by atoms with Crippen molar-refractivity contribution in [2.45, 2.75) is 13.0 Å². The number of hydrogen-bond donors (Lipinski definition) is 1. The van der Waals surface area contributed by atoms with E-state index in [4.69, 9.17) is 5.73 Å². The topological polar surface area (TPSA) is 62.5 Å². The molecule has 0 aliphatic carbocycles. The zero-order valence-electron chi connectivity index (χ0n) is 12.9. The fourth-order valence-corrected chi connectivity index (χ4v) is 3.72. The molecule has 2 N–H and O–H groups in total. The number of nitrogens with two attached hydrogens (primary N) is 1. The fourth-order valence-electron chi connectivity index (χ4n) is 2.86. The summed E-state index contributed by atoms with van der Waals surface area (Å²) in [7, 11) is 0. The van der Waals surface area contributed by atoms with E-state index < -0.39 is 11.9 Å². The number of aryl methyl sites for hydroxylation is 1. The van der Waals surface area contributed by atoms with Gasteiger partial charge in [0.2, 0.25) is 5.91 Å². The molecule has 0 spiro atoms. The van der Waals surface area contributed by atoms with E-state index in [0.717, 1.165) is 29.5 Å². The summed E-state index contributed by atoms with van der Waals surface area (Å²) in [6, 6.07) is 5.46. The minimum absolute atomic E-state index is 0.319. The second-order valence-electron chi connectivity index (χ2n) is 5.65. The van der Waals surface area contributed by atoms with Crippen LogP contribution in [0.4, 0.5) is 9.52 Å². The van der Waals surface area contributed by atoms with Gasteiger partial charge in [0.15, 0.2) is 5.13 Å². The summed E-state index contributed by atoms with van der Waals surface area (Å²) in [5.41, 5.74) is 7.34. The third-order valence-electron chi connectivity index (χ3n) is 4.01. The molecule has 0 bridgehead atoms. The van der Waals surface area contributed by atoms with E-state index in [1.165, 1.54) is 12.1 Å². The van der Waals surface area contributed by atoms with Gasteiger partial charge in [-0.3, -0.25) is 9.69 Å². The number of carbonyl (C=O) groups excluding carboxylic acids is 1. The van der Waals surface area contributed by atoms with Crippen LogP contribution in [0.1, 0.15) is 17.3 Å². The molecule has 23 heavy (non-hydrogen) atoms. The van der Waals surface area contributed by atoms with Crippen LogP contribution in [0.3, 0.4) is 0 Å². The zero-order chi connectivity index (χ0) is 16.4. The highest BCUT2D eigenvalue weighted by atomic mass is 32.1. The van der Waals surface area contributed by atoms with Gasteiger partial charge < -0.3 is 10.6 Å². The normalized spacial score (nSPS) is 17.2. The quantitative estimate of drug-likeness (QED) is 0.928. The highest BCUT2D eigenvalue weighted by Gasteiger charge is 2.29. The van der Waals surface area contributed by atoms with Crippen LogP contribution in [-0.2, 0) is 4.79 Å². The molecule has 1 aromatic carbocycles. The lowest BCUT2D eigenvalue weighted by Gasteiger charge is -2.38. The zero-order valence-corrected chi connectivity index (χ0v) is 13.7. The van der Waals surface area contributed by atoms with Gasteiger partial charge >= 0.3 is 0 Å². The van der Waals surface area contributed by atoms with Crippen molar-refractivity contribution in [3.05, 3.63) is 46.7 Å². The third kappa shape index (κ3) is 3.51. The molecule has 1 aliphatic heterocycles. The number of benzene rings is 1. The van der Waals surface area contributed by atoms with E-state index >= 15 is 0 Å². The number of anilines is 1. The van der Waals surface area contributed by atoms with E-state index in [9.17, 15) is 9.18 Å². The van der Waals surface area contributed by atoms with Gasteiger partial charge in [0, 0.05) is 31.6 Å². The number of amides is 1. The van der Waals surface area contributed by atoms with Gasteiger partial charge in [-0.2, -0.15) is 0 Å². The van der Waals surface area contributed by atoms with Gasteiger partial charge in [0.25, 0.3) is 0 Å². The summed E-state index contributed by atoms with van der Waals surface area (Å²) in [6.45, 7) is 4.98. The Labute approximate surface area is 138 Å². The molecule has 1 aliphatic rings. The van der Waals surface area contributed by atoms with Crippen LogP contribution >= 0.6 is 11.3 Å². The molecule has 3 rings (SSSR count). The summed E-state index contributed by atoms with van der Waals surface area (Å²) < 4.78 is 13.1. The van der Waals surface area contributed by atoms with E-state index in [1.54, 1.807) is 23.5 Å². The first kappa shape index (κ1) is 15.9. The van der Waals surface area contributed by atoms with Crippen molar-refractivity contribution in [1.82, 2.24) is 9.88 Å². The lowest BCUT2D eigenvalue weighted by molar-refractivity contribution is -0.123. The largest absolute Gasteiger partial charge is 0.368 e. The molecule has 122 valence electrons. The first-order chi connectivity index (χ1) is 11.0. The number of halogens is 1. The van der Waals surface area contributed by atoms with Gasteiger partial charge in [-0.05, 0) is 24.6 Å². The fraction of sp³-hybridized carbons (Fsp3) is 0.375. The van der Waals surface area contributed by atoms with Crippen LogP contribution in [0.2, 0.25) is 0 Å². The highest BCUT2D eigenvalue weighted by molar-refractivity contribution is 7.13. The van der Waals surface area contributed by atoms with Crippen LogP contribution in [0.5, 0.6) is 0 Å². The van der Waals surface area contributed by atoms with Crippen molar-refractivity contribution in [1.29, 1.82) is 0 Å². The predicted molar refractivity (Wildman–Crippen MR) is 89.0 cm³/mol. The average molecular weight is 334 g/mol. The molecule has 1 fully saturated rings. The maximum absolute atomic E-state index is 13.1. The Kier molecular flexibility index (Phi) is 4.58. The summed E-state index contributed by atoms with van der Waals surface area (Å²) >= 11 is 1.63. The average Bonchev–Trinajstić information content (AvgIpc) is 2.96. The maximum Gasteiger partial charge on any atom is 0.239 e. The number of primary amides is 1. The van der Waals surface area contributed by atoms with Gasteiger partial charge in [-0.25, -0.2) is 9.37 Å². The molecule has 5 nitrogen and oxygen atoms in total. The van der Waals surface area contributed by atoms with Crippen LogP contribution in [-0.4, -0.2) is 42.0 Å². The van der Waals surface area contributed by atoms with E-state index in [1.807, 2.05) is 17.2 Å². The predicted octanol–water partition coefficient (Wildman–Crippen LogP) is 1.94. The van der Waals surface area contributed by atoms with Crippen LogP contribution in [0.25, 0.3) is 0 Å². The molecule has 0 unspecified atom stereocenters. The molecule has 0 saturated carbocycles. The Morgan fingerprint density at radius 2 is 1.91 bits per heavy atom. The van der Waals surface area contributed by atoms with Gasteiger partial charge in [0.1, 0.15) is 11.9 Å². The first-order valence-corrected chi connectivity index (χ1v) is 8.38. The van der Waals surface area contributed by atoms with Crippen molar-refractivity contribution >= 4 is 22.4 Å². The Hall–Kier alpha value is -1.99. The molecule has 1 saturated heterocycles. The Bertz CT molecular complexity index is 680. The minimum atomic E-state index is -0.518. The summed E-state index contributed by atoms with van der Waals surface area (Å²) in [6.07, 6.45) is 0.